The van der Waals surface area contributed by atoms with Gasteiger partial charge in [-0.3, -0.25) is 0 Å². The first-order chi connectivity index (χ1) is 8.00. The molecule has 1 unspecified atom stereocenters. The topological polar surface area (TPSA) is 65.8 Å². The van der Waals surface area contributed by atoms with Crippen molar-refractivity contribution in [2.45, 2.75) is 19.8 Å². The second kappa shape index (κ2) is 5.89. The Morgan fingerprint density at radius 2 is 2.41 bits per heavy atom. The van der Waals surface area contributed by atoms with Crippen molar-refractivity contribution in [3.05, 3.63) is 29.0 Å². The number of aromatic nitrogens is 1. The van der Waals surface area contributed by atoms with Crippen LogP contribution in [0.2, 0.25) is 5.15 Å². The minimum Gasteiger partial charge on any atom is -0.249 e. The van der Waals surface area contributed by atoms with Crippen molar-refractivity contribution in [2.24, 2.45) is 0 Å². The number of nitriles is 1. The maximum absolute atomic E-state index is 12.2. The van der Waals surface area contributed by atoms with E-state index in [0.29, 0.717) is 10.9 Å². The van der Waals surface area contributed by atoms with Gasteiger partial charge in [-0.15, -0.1) is 0 Å². The van der Waals surface area contributed by atoms with Gasteiger partial charge in [-0.2, -0.15) is 5.26 Å². The van der Waals surface area contributed by atoms with Crippen LogP contribution in [0, 0.1) is 11.5 Å². The summed E-state index contributed by atoms with van der Waals surface area (Å²) in [6, 6.07) is 3.52. The molecule has 0 bridgehead atoms. The Morgan fingerprint density at radius 1 is 1.71 bits per heavy atom. The monoisotopic (exact) mass is 271 g/mol. The Hall–Kier alpha value is -1.25. The summed E-state index contributed by atoms with van der Waals surface area (Å²) in [5.41, 5.74) is 0.912. The summed E-state index contributed by atoms with van der Waals surface area (Å²) in [4.78, 5) is 3.97. The van der Waals surface area contributed by atoms with Gasteiger partial charge in [0.15, 0.2) is 6.19 Å². The molecule has 1 rings (SSSR count). The molecule has 0 amide bonds. The smallest absolute Gasteiger partial charge is 0.188 e. The summed E-state index contributed by atoms with van der Waals surface area (Å²) < 4.78 is 14.5. The number of halogens is 1. The molecule has 0 fully saturated rings. The van der Waals surface area contributed by atoms with Gasteiger partial charge in [0, 0.05) is 17.9 Å². The molecule has 1 N–H and O–H groups in total. The highest BCUT2D eigenvalue weighted by Gasteiger charge is 2.09. The van der Waals surface area contributed by atoms with Crippen LogP contribution in [0.3, 0.4) is 0 Å². The quantitative estimate of drug-likeness (QED) is 0.394. The van der Waals surface area contributed by atoms with E-state index in [4.69, 9.17) is 16.9 Å². The van der Waals surface area contributed by atoms with E-state index >= 15 is 0 Å². The molecule has 2 atom stereocenters. The lowest BCUT2D eigenvalue weighted by Crippen LogP contribution is -2.24. The summed E-state index contributed by atoms with van der Waals surface area (Å²) in [5, 5.41) is 10.6. The molecule has 1 aromatic heterocycles. The van der Waals surface area contributed by atoms with Gasteiger partial charge in [0.05, 0.1) is 9.71 Å². The Kier molecular flexibility index (Phi) is 4.79. The van der Waals surface area contributed by atoms with E-state index in [1.807, 2.05) is 13.0 Å². The van der Waals surface area contributed by atoms with E-state index in [1.54, 1.807) is 30.7 Å². The standard InChI is InChI=1S/C11H14ClN3OS/c1-3-17(16,15-8-13)7-9(2)10-4-5-11(12)14-6-10/h4-7,9H,3H2,1-2H3,(H,15,16)/t9-,17?/m0/s1. The fourth-order valence-corrected chi connectivity index (χ4v) is 2.83. The summed E-state index contributed by atoms with van der Waals surface area (Å²) >= 11 is 5.69. The Morgan fingerprint density at radius 3 is 2.88 bits per heavy atom. The first-order valence-corrected chi connectivity index (χ1v) is 7.31. The number of hydrogen-bond donors (Lipinski definition) is 1. The maximum atomic E-state index is 12.2. The van der Waals surface area contributed by atoms with Crippen molar-refractivity contribution in [1.82, 2.24) is 9.71 Å². The van der Waals surface area contributed by atoms with Gasteiger partial charge in [0.2, 0.25) is 0 Å². The minimum absolute atomic E-state index is 0.0620. The van der Waals surface area contributed by atoms with Gasteiger partial charge in [-0.1, -0.05) is 31.5 Å². The molecule has 0 saturated carbocycles. The molecule has 1 aromatic rings. The van der Waals surface area contributed by atoms with E-state index in [1.165, 1.54) is 0 Å². The van der Waals surface area contributed by atoms with Gasteiger partial charge in [0.25, 0.3) is 0 Å². The second-order valence-electron chi connectivity index (χ2n) is 3.57. The Labute approximate surface area is 107 Å². The van der Waals surface area contributed by atoms with Crippen LogP contribution in [0.15, 0.2) is 18.3 Å². The van der Waals surface area contributed by atoms with Crippen LogP contribution in [0.1, 0.15) is 25.3 Å². The average molecular weight is 272 g/mol. The number of nitrogens with zero attached hydrogens (tertiary/aromatic N) is 2. The van der Waals surface area contributed by atoms with Crippen LogP contribution in [0.25, 0.3) is 0 Å². The lowest BCUT2D eigenvalue weighted by atomic mass is 10.1. The van der Waals surface area contributed by atoms with Crippen molar-refractivity contribution in [1.29, 1.82) is 5.26 Å². The molecule has 0 saturated heterocycles. The third-order valence-corrected chi connectivity index (χ3v) is 4.71. The first-order valence-electron chi connectivity index (χ1n) is 5.15. The second-order valence-corrected chi connectivity index (χ2v) is 6.46. The Bertz CT molecular complexity index is 527. The van der Waals surface area contributed by atoms with Crippen molar-refractivity contribution < 1.29 is 4.21 Å². The van der Waals surface area contributed by atoms with Crippen LogP contribution >= 0.6 is 11.6 Å². The fourth-order valence-electron chi connectivity index (χ4n) is 1.34. The van der Waals surface area contributed by atoms with Gasteiger partial charge < -0.3 is 0 Å². The molecule has 0 aliphatic carbocycles. The van der Waals surface area contributed by atoms with E-state index in [0.717, 1.165) is 5.56 Å². The van der Waals surface area contributed by atoms with Gasteiger partial charge in [-0.25, -0.2) is 13.9 Å². The normalized spacial score (nSPS) is 15.4. The number of pyridine rings is 1. The Balaban J connectivity index is 3.02. The SMILES string of the molecule is CCS(=O)(=C[C@H](C)c1ccc(Cl)nc1)NC#N. The van der Waals surface area contributed by atoms with E-state index in [-0.39, 0.29) is 5.92 Å². The van der Waals surface area contributed by atoms with Crippen molar-refractivity contribution in [3.8, 4) is 6.19 Å². The predicted molar refractivity (Wildman–Crippen MR) is 71.2 cm³/mol. The lowest BCUT2D eigenvalue weighted by Gasteiger charge is -2.11. The first kappa shape index (κ1) is 13.8. The zero-order chi connectivity index (χ0) is 12.9. The zero-order valence-electron chi connectivity index (χ0n) is 9.68. The van der Waals surface area contributed by atoms with Crippen LogP contribution in [-0.2, 0) is 9.71 Å². The summed E-state index contributed by atoms with van der Waals surface area (Å²) in [5.74, 6) is 0.319. The molecule has 92 valence electrons. The molecule has 0 aliphatic rings. The molecule has 0 aliphatic heterocycles. The molecule has 0 aromatic carbocycles. The summed E-state index contributed by atoms with van der Waals surface area (Å²) in [6.07, 6.45) is 3.38. The van der Waals surface area contributed by atoms with Crippen molar-refractivity contribution in [2.75, 3.05) is 5.75 Å². The molecule has 0 radical (unpaired) electrons. The van der Waals surface area contributed by atoms with Crippen LogP contribution in [0.5, 0.6) is 0 Å². The summed E-state index contributed by atoms with van der Waals surface area (Å²) in [7, 11) is -2.43. The van der Waals surface area contributed by atoms with E-state index in [2.05, 4.69) is 9.71 Å². The van der Waals surface area contributed by atoms with Crippen molar-refractivity contribution in [3.63, 3.8) is 0 Å². The predicted octanol–water partition coefficient (Wildman–Crippen LogP) is 1.93. The van der Waals surface area contributed by atoms with Gasteiger partial charge in [0.1, 0.15) is 5.15 Å². The third-order valence-electron chi connectivity index (χ3n) is 2.35. The van der Waals surface area contributed by atoms with Crippen molar-refractivity contribution >= 4 is 26.7 Å². The number of rotatable bonds is 4. The molecule has 0 spiro atoms. The molecule has 6 heteroatoms. The lowest BCUT2D eigenvalue weighted by molar-refractivity contribution is 0.678. The zero-order valence-corrected chi connectivity index (χ0v) is 11.3. The highest BCUT2D eigenvalue weighted by atomic mass is 35.5. The van der Waals surface area contributed by atoms with Crippen LogP contribution < -0.4 is 4.72 Å². The molecule has 17 heavy (non-hydrogen) atoms. The van der Waals surface area contributed by atoms with E-state index in [9.17, 15) is 4.21 Å². The molecular formula is C11H14ClN3OS. The van der Waals surface area contributed by atoms with E-state index < -0.39 is 9.71 Å². The summed E-state index contributed by atoms with van der Waals surface area (Å²) in [6.45, 7) is 3.68. The number of nitrogens with one attached hydrogen (secondary N) is 1. The minimum atomic E-state index is -2.43. The van der Waals surface area contributed by atoms with Gasteiger partial charge >= 0.3 is 0 Å². The maximum Gasteiger partial charge on any atom is 0.188 e. The highest BCUT2D eigenvalue weighted by Crippen LogP contribution is 2.14. The fraction of sp³-hybridized carbons (Fsp3) is 0.364. The molecule has 1 heterocycles. The largest absolute Gasteiger partial charge is 0.249 e. The molecule has 4 nitrogen and oxygen atoms in total. The number of hydrogen-bond acceptors (Lipinski definition) is 3. The third kappa shape index (κ3) is 3.91. The highest BCUT2D eigenvalue weighted by molar-refractivity contribution is 7.99. The van der Waals surface area contributed by atoms with Gasteiger partial charge in [-0.05, 0) is 17.0 Å². The average Bonchev–Trinajstić information content (AvgIpc) is 2.30. The van der Waals surface area contributed by atoms with Crippen LogP contribution in [0.4, 0.5) is 0 Å². The van der Waals surface area contributed by atoms with Crippen LogP contribution in [-0.4, -0.2) is 20.3 Å². The molecular weight excluding hydrogens is 258 g/mol.